The van der Waals surface area contributed by atoms with Crippen LogP contribution in [0.3, 0.4) is 0 Å². The largest absolute Gasteiger partial charge is 0.352 e. The standard InChI is InChI=1S/C10H12BrClN2O3S/c1-2-3-14-10(15)6-4-7(12)9(11)8(5-6)18(13,16)17/h4-5H,2-3H2,1H3,(H,14,15)(H2,13,16,17). The van der Waals surface area contributed by atoms with Crippen molar-refractivity contribution in [3.8, 4) is 0 Å². The van der Waals surface area contributed by atoms with Crippen molar-refractivity contribution in [1.29, 1.82) is 0 Å². The number of carbonyl (C=O) groups is 1. The average molecular weight is 356 g/mol. The van der Waals surface area contributed by atoms with Gasteiger partial charge in [0.15, 0.2) is 0 Å². The SMILES string of the molecule is CCCNC(=O)c1cc(Cl)c(Br)c(S(N)(=O)=O)c1. The molecule has 0 saturated carbocycles. The molecule has 0 heterocycles. The van der Waals surface area contributed by atoms with Gasteiger partial charge in [0, 0.05) is 12.1 Å². The van der Waals surface area contributed by atoms with Crippen LogP contribution in [0.2, 0.25) is 5.02 Å². The van der Waals surface area contributed by atoms with Crippen molar-refractivity contribution in [3.63, 3.8) is 0 Å². The molecule has 8 heteroatoms. The fraction of sp³-hybridized carbons (Fsp3) is 0.300. The molecule has 0 fully saturated rings. The molecule has 1 aromatic carbocycles. The van der Waals surface area contributed by atoms with Gasteiger partial charge in [0.1, 0.15) is 0 Å². The van der Waals surface area contributed by atoms with E-state index in [9.17, 15) is 13.2 Å². The molecule has 0 saturated heterocycles. The lowest BCUT2D eigenvalue weighted by molar-refractivity contribution is 0.0953. The summed E-state index contributed by atoms with van der Waals surface area (Å²) in [7, 11) is -3.94. The lowest BCUT2D eigenvalue weighted by atomic mass is 10.2. The van der Waals surface area contributed by atoms with Gasteiger partial charge in [-0.25, -0.2) is 13.6 Å². The molecular formula is C10H12BrClN2O3S. The number of nitrogens with one attached hydrogen (secondary N) is 1. The van der Waals surface area contributed by atoms with Gasteiger partial charge < -0.3 is 5.32 Å². The van der Waals surface area contributed by atoms with E-state index in [0.717, 1.165) is 6.42 Å². The Morgan fingerprint density at radius 2 is 2.11 bits per heavy atom. The molecule has 0 unspecified atom stereocenters. The highest BCUT2D eigenvalue weighted by Gasteiger charge is 2.19. The van der Waals surface area contributed by atoms with E-state index < -0.39 is 15.9 Å². The lowest BCUT2D eigenvalue weighted by Gasteiger charge is -2.08. The molecule has 0 aliphatic heterocycles. The van der Waals surface area contributed by atoms with Crippen LogP contribution in [-0.2, 0) is 10.0 Å². The van der Waals surface area contributed by atoms with Crippen LogP contribution in [0.15, 0.2) is 21.5 Å². The number of benzene rings is 1. The van der Waals surface area contributed by atoms with Gasteiger partial charge in [0.05, 0.1) is 14.4 Å². The maximum Gasteiger partial charge on any atom is 0.251 e. The number of hydrogen-bond acceptors (Lipinski definition) is 3. The molecular weight excluding hydrogens is 344 g/mol. The van der Waals surface area contributed by atoms with Crippen molar-refractivity contribution in [2.75, 3.05) is 6.54 Å². The van der Waals surface area contributed by atoms with Gasteiger partial charge in [0.25, 0.3) is 5.91 Å². The molecule has 1 amide bonds. The zero-order valence-electron chi connectivity index (χ0n) is 9.54. The molecule has 0 atom stereocenters. The van der Waals surface area contributed by atoms with E-state index in [2.05, 4.69) is 21.2 Å². The second kappa shape index (κ2) is 6.01. The zero-order valence-corrected chi connectivity index (χ0v) is 12.7. The summed E-state index contributed by atoms with van der Waals surface area (Å²) in [5, 5.41) is 7.79. The number of primary sulfonamides is 1. The van der Waals surface area contributed by atoms with Crippen LogP contribution in [0.25, 0.3) is 0 Å². The zero-order chi connectivity index (χ0) is 13.9. The number of nitrogens with two attached hydrogens (primary N) is 1. The van der Waals surface area contributed by atoms with E-state index in [4.69, 9.17) is 16.7 Å². The summed E-state index contributed by atoms with van der Waals surface area (Å²) in [4.78, 5) is 11.5. The van der Waals surface area contributed by atoms with Crippen LogP contribution in [0, 0.1) is 0 Å². The lowest BCUT2D eigenvalue weighted by Crippen LogP contribution is -2.24. The molecule has 0 aliphatic carbocycles. The highest BCUT2D eigenvalue weighted by molar-refractivity contribution is 9.10. The summed E-state index contributed by atoms with van der Waals surface area (Å²) in [6.07, 6.45) is 0.776. The quantitative estimate of drug-likeness (QED) is 0.864. The van der Waals surface area contributed by atoms with Crippen LogP contribution < -0.4 is 10.5 Å². The number of carbonyl (C=O) groups excluding carboxylic acids is 1. The molecule has 1 rings (SSSR count). The predicted octanol–water partition coefficient (Wildman–Crippen LogP) is 1.89. The highest BCUT2D eigenvalue weighted by atomic mass is 79.9. The minimum Gasteiger partial charge on any atom is -0.352 e. The van der Waals surface area contributed by atoms with E-state index in [-0.39, 0.29) is 20.0 Å². The Morgan fingerprint density at radius 1 is 1.50 bits per heavy atom. The third kappa shape index (κ3) is 3.68. The van der Waals surface area contributed by atoms with Crippen molar-refractivity contribution >= 4 is 43.5 Å². The van der Waals surface area contributed by atoms with Gasteiger partial charge in [-0.2, -0.15) is 0 Å². The Hall–Kier alpha value is -0.630. The summed E-state index contributed by atoms with van der Waals surface area (Å²) in [5.41, 5.74) is 0.153. The van der Waals surface area contributed by atoms with Crippen molar-refractivity contribution in [2.24, 2.45) is 5.14 Å². The van der Waals surface area contributed by atoms with Crippen molar-refractivity contribution < 1.29 is 13.2 Å². The Kier molecular flexibility index (Phi) is 5.15. The molecule has 18 heavy (non-hydrogen) atoms. The Labute approximate surface area is 119 Å². The monoisotopic (exact) mass is 354 g/mol. The Morgan fingerprint density at radius 3 is 2.61 bits per heavy atom. The molecule has 0 spiro atoms. The summed E-state index contributed by atoms with van der Waals surface area (Å²) in [6, 6.07) is 2.57. The first kappa shape index (κ1) is 15.4. The van der Waals surface area contributed by atoms with Crippen molar-refractivity contribution in [1.82, 2.24) is 5.32 Å². The van der Waals surface area contributed by atoms with Gasteiger partial charge >= 0.3 is 0 Å². The smallest absolute Gasteiger partial charge is 0.251 e. The molecule has 0 radical (unpaired) electrons. The van der Waals surface area contributed by atoms with Gasteiger partial charge in [-0.3, -0.25) is 4.79 Å². The molecule has 0 aromatic heterocycles. The van der Waals surface area contributed by atoms with Crippen molar-refractivity contribution in [2.45, 2.75) is 18.2 Å². The fourth-order valence-corrected chi connectivity index (χ4v) is 3.07. The van der Waals surface area contributed by atoms with E-state index in [0.29, 0.717) is 6.54 Å². The van der Waals surface area contributed by atoms with E-state index in [1.807, 2.05) is 6.92 Å². The van der Waals surface area contributed by atoms with Crippen LogP contribution in [0.5, 0.6) is 0 Å². The van der Waals surface area contributed by atoms with Gasteiger partial charge in [-0.05, 0) is 34.5 Å². The first-order chi connectivity index (χ1) is 8.27. The summed E-state index contributed by atoms with van der Waals surface area (Å²) < 4.78 is 22.9. The number of amides is 1. The summed E-state index contributed by atoms with van der Waals surface area (Å²) in [6.45, 7) is 2.40. The Bertz CT molecular complexity index is 575. The number of halogens is 2. The molecule has 0 aliphatic rings. The normalized spacial score (nSPS) is 11.3. The maximum absolute atomic E-state index is 11.7. The second-order valence-corrected chi connectivity index (χ2v) is 6.30. The third-order valence-corrected chi connectivity index (χ3v) is 4.68. The first-order valence-corrected chi connectivity index (χ1v) is 7.79. The van der Waals surface area contributed by atoms with Crippen LogP contribution in [0.4, 0.5) is 0 Å². The number of rotatable bonds is 4. The number of hydrogen-bond donors (Lipinski definition) is 2. The Balaban J connectivity index is 3.25. The van der Waals surface area contributed by atoms with Gasteiger partial charge in [-0.1, -0.05) is 18.5 Å². The van der Waals surface area contributed by atoms with Crippen LogP contribution in [-0.4, -0.2) is 20.9 Å². The van der Waals surface area contributed by atoms with Gasteiger partial charge in [0.2, 0.25) is 10.0 Å². The first-order valence-electron chi connectivity index (χ1n) is 5.07. The fourth-order valence-electron chi connectivity index (χ4n) is 1.24. The van der Waals surface area contributed by atoms with Crippen LogP contribution >= 0.6 is 27.5 Å². The van der Waals surface area contributed by atoms with E-state index in [1.165, 1.54) is 12.1 Å². The molecule has 3 N–H and O–H groups in total. The topological polar surface area (TPSA) is 89.3 Å². The summed E-state index contributed by atoms with van der Waals surface area (Å²) >= 11 is 8.89. The molecule has 5 nitrogen and oxygen atoms in total. The third-order valence-electron chi connectivity index (χ3n) is 2.10. The minimum absolute atomic E-state index is 0.114. The molecule has 100 valence electrons. The van der Waals surface area contributed by atoms with E-state index in [1.54, 1.807) is 0 Å². The van der Waals surface area contributed by atoms with Crippen molar-refractivity contribution in [3.05, 3.63) is 27.2 Å². The second-order valence-electron chi connectivity index (χ2n) is 3.57. The number of sulfonamides is 1. The minimum atomic E-state index is -3.94. The summed E-state index contributed by atoms with van der Waals surface area (Å²) in [5.74, 6) is -0.392. The average Bonchev–Trinajstić information content (AvgIpc) is 2.27. The highest BCUT2D eigenvalue weighted by Crippen LogP contribution is 2.30. The molecule has 0 bridgehead atoms. The van der Waals surface area contributed by atoms with Gasteiger partial charge in [-0.15, -0.1) is 0 Å². The molecule has 1 aromatic rings. The predicted molar refractivity (Wildman–Crippen MR) is 73.1 cm³/mol. The van der Waals surface area contributed by atoms with Crippen LogP contribution in [0.1, 0.15) is 23.7 Å². The van der Waals surface area contributed by atoms with E-state index >= 15 is 0 Å². The maximum atomic E-state index is 11.7.